The standard InChI is InChI=1S/2C24H28N4O3/c2*1-13-7-17(13)22-9-15-3-4-19(27-24(15)31-22)21(29)8-16-10-26-6-5-20(16)28-11-14(2)23(30)18(25)12-28/h2*3-6,9-10,13-14,17-18,23,30H,7-8,11-12,25H2,1-2H3/t2*13?,14-,17?,18+,23+/m00/s1. The van der Waals surface area contributed by atoms with Gasteiger partial charge in [0.15, 0.2) is 11.6 Å². The van der Waals surface area contributed by atoms with Crippen molar-refractivity contribution in [2.45, 2.75) is 89.5 Å². The van der Waals surface area contributed by atoms with Crippen molar-refractivity contribution in [3.05, 3.63) is 107 Å². The van der Waals surface area contributed by atoms with Crippen LogP contribution in [-0.2, 0) is 12.8 Å². The minimum Gasteiger partial charge on any atom is -0.442 e. The average Bonchev–Trinajstić information content (AvgIpc) is 4.06. The van der Waals surface area contributed by atoms with E-state index in [1.54, 1.807) is 36.9 Å². The van der Waals surface area contributed by atoms with E-state index in [1.807, 2.05) is 50.2 Å². The molecular formula is C48H56N8O6. The molecule has 62 heavy (non-hydrogen) atoms. The highest BCUT2D eigenvalue weighted by molar-refractivity contribution is 5.99. The lowest BCUT2D eigenvalue weighted by Crippen LogP contribution is -2.55. The van der Waals surface area contributed by atoms with Crippen molar-refractivity contribution in [2.75, 3.05) is 36.0 Å². The average molecular weight is 841 g/mol. The maximum absolute atomic E-state index is 13.1. The summed E-state index contributed by atoms with van der Waals surface area (Å²) in [4.78, 5) is 47.9. The van der Waals surface area contributed by atoms with Crippen molar-refractivity contribution in [3.63, 3.8) is 0 Å². The molecule has 14 heteroatoms. The second-order valence-electron chi connectivity index (χ2n) is 18.4. The van der Waals surface area contributed by atoms with E-state index >= 15 is 0 Å². The van der Waals surface area contributed by atoms with Crippen LogP contribution in [0.5, 0.6) is 0 Å². The second-order valence-corrected chi connectivity index (χ2v) is 18.4. The molecule has 0 radical (unpaired) electrons. The van der Waals surface area contributed by atoms with Crippen LogP contribution >= 0.6 is 0 Å². The van der Waals surface area contributed by atoms with Crippen LogP contribution in [-0.4, -0.2) is 92.2 Å². The number of rotatable bonds is 10. The monoisotopic (exact) mass is 840 g/mol. The van der Waals surface area contributed by atoms with Crippen molar-refractivity contribution >= 4 is 45.1 Å². The molecule has 8 heterocycles. The van der Waals surface area contributed by atoms with Crippen LogP contribution in [0.25, 0.3) is 22.2 Å². The van der Waals surface area contributed by atoms with Crippen molar-refractivity contribution in [1.82, 2.24) is 19.9 Å². The quantitative estimate of drug-likeness (QED) is 0.120. The van der Waals surface area contributed by atoms with Crippen LogP contribution < -0.4 is 21.3 Å². The van der Waals surface area contributed by atoms with E-state index in [9.17, 15) is 19.8 Å². The molecule has 6 aromatic rings. The Labute approximate surface area is 360 Å². The number of nitrogens with two attached hydrogens (primary N) is 2. The number of piperidine rings is 2. The predicted octanol–water partition coefficient (Wildman–Crippen LogP) is 5.83. The zero-order valence-corrected chi connectivity index (χ0v) is 35.7. The fourth-order valence-corrected chi connectivity index (χ4v) is 9.27. The lowest BCUT2D eigenvalue weighted by Gasteiger charge is -2.40. The van der Waals surface area contributed by atoms with Crippen LogP contribution in [0, 0.1) is 23.7 Å². The first-order chi connectivity index (χ1) is 29.8. The van der Waals surface area contributed by atoms with Gasteiger partial charge < -0.3 is 40.3 Å². The molecule has 6 N–H and O–H groups in total. The Morgan fingerprint density at radius 1 is 0.629 bits per heavy atom. The summed E-state index contributed by atoms with van der Waals surface area (Å²) in [5.74, 6) is 4.12. The Morgan fingerprint density at radius 2 is 1.03 bits per heavy atom. The van der Waals surface area contributed by atoms with Gasteiger partial charge in [0.25, 0.3) is 0 Å². The number of Topliss-reactive ketones (excluding diaryl/α,β-unsaturated/α-hetero) is 2. The first-order valence-corrected chi connectivity index (χ1v) is 21.9. The molecule has 14 nitrogen and oxygen atoms in total. The zero-order valence-electron chi connectivity index (χ0n) is 35.7. The number of pyridine rings is 4. The minimum atomic E-state index is -0.518. The molecule has 6 aromatic heterocycles. The van der Waals surface area contributed by atoms with E-state index in [-0.39, 0.29) is 48.3 Å². The van der Waals surface area contributed by atoms with Gasteiger partial charge in [0, 0.05) is 133 Å². The number of aliphatic hydroxyl groups is 2. The number of aromatic nitrogens is 4. The number of furan rings is 2. The first kappa shape index (κ1) is 41.8. The van der Waals surface area contributed by atoms with Gasteiger partial charge in [-0.3, -0.25) is 19.6 Å². The molecule has 2 aliphatic heterocycles. The lowest BCUT2D eigenvalue weighted by molar-refractivity contribution is 0.0783. The van der Waals surface area contributed by atoms with Gasteiger partial charge in [-0.1, -0.05) is 27.7 Å². The summed E-state index contributed by atoms with van der Waals surface area (Å²) in [6.07, 6.45) is 8.53. The number of anilines is 2. The number of ketones is 2. The highest BCUT2D eigenvalue weighted by atomic mass is 16.3. The molecule has 2 saturated heterocycles. The van der Waals surface area contributed by atoms with Gasteiger partial charge in [-0.2, -0.15) is 0 Å². The Bertz CT molecular complexity index is 2410. The first-order valence-electron chi connectivity index (χ1n) is 21.9. The number of nitrogens with zero attached hydrogens (tertiary/aromatic N) is 6. The fraction of sp³-hybridized carbons (Fsp3) is 0.458. The summed E-state index contributed by atoms with van der Waals surface area (Å²) in [5, 5.41) is 22.2. The molecule has 324 valence electrons. The Balaban J connectivity index is 0.000000158. The van der Waals surface area contributed by atoms with E-state index in [4.69, 9.17) is 20.3 Å². The number of hydrogen-bond donors (Lipinski definition) is 4. The molecule has 4 fully saturated rings. The molecular weight excluding hydrogens is 785 g/mol. The topological polar surface area (TPSA) is 211 Å². The largest absolute Gasteiger partial charge is 0.442 e. The van der Waals surface area contributed by atoms with Gasteiger partial charge >= 0.3 is 0 Å². The summed E-state index contributed by atoms with van der Waals surface area (Å²) in [5.41, 5.74) is 17.6. The molecule has 0 spiro atoms. The van der Waals surface area contributed by atoms with E-state index < -0.39 is 12.2 Å². The molecule has 0 bridgehead atoms. The van der Waals surface area contributed by atoms with Gasteiger partial charge in [-0.05, 0) is 73.2 Å². The zero-order chi connectivity index (χ0) is 43.4. The normalized spacial score (nSPS) is 28.1. The van der Waals surface area contributed by atoms with E-state index in [1.165, 1.54) is 0 Å². The third kappa shape index (κ3) is 8.61. The molecule has 2 aliphatic carbocycles. The maximum Gasteiger partial charge on any atom is 0.226 e. The molecule has 0 amide bonds. The van der Waals surface area contributed by atoms with E-state index in [0.29, 0.717) is 72.7 Å². The van der Waals surface area contributed by atoms with E-state index in [0.717, 1.165) is 57.6 Å². The number of carbonyl (C=O) groups is 2. The van der Waals surface area contributed by atoms with Gasteiger partial charge in [-0.15, -0.1) is 0 Å². The van der Waals surface area contributed by atoms with Crippen LogP contribution in [0.1, 0.15) is 96.0 Å². The summed E-state index contributed by atoms with van der Waals surface area (Å²) in [6, 6.07) is 14.6. The predicted molar refractivity (Wildman–Crippen MR) is 236 cm³/mol. The second kappa shape index (κ2) is 17.0. The molecule has 10 atom stereocenters. The maximum atomic E-state index is 13.1. The number of aliphatic hydroxyl groups excluding tert-OH is 2. The minimum absolute atomic E-state index is 0.0480. The molecule has 4 unspecified atom stereocenters. The highest BCUT2D eigenvalue weighted by Gasteiger charge is 2.38. The summed E-state index contributed by atoms with van der Waals surface area (Å²) < 4.78 is 11.9. The Hall–Kier alpha value is -5.54. The Kier molecular flexibility index (Phi) is 11.4. The van der Waals surface area contributed by atoms with Crippen LogP contribution in [0.3, 0.4) is 0 Å². The highest BCUT2D eigenvalue weighted by Crippen LogP contribution is 2.49. The van der Waals surface area contributed by atoms with Gasteiger partial charge in [0.1, 0.15) is 22.9 Å². The number of fused-ring (bicyclic) bond motifs is 2. The van der Waals surface area contributed by atoms with Gasteiger partial charge in [0.05, 0.1) is 12.2 Å². The van der Waals surface area contributed by atoms with Gasteiger partial charge in [-0.25, -0.2) is 9.97 Å². The third-order valence-electron chi connectivity index (χ3n) is 13.4. The SMILES string of the molecule is CC1CC1c1cc2ccc(C(=O)Cc3cnccc3N3C[C@@H](N)[C@H](O)[C@@H](C)C3)nc2o1.CC1CC1c1cc2ccc(C(=O)Cc3cnccc3N3C[C@@H](N)[C@H](O)[C@@H](C)C3)nc2o1. The van der Waals surface area contributed by atoms with Crippen LogP contribution in [0.4, 0.5) is 11.4 Å². The van der Waals surface area contributed by atoms with Gasteiger partial charge in [0.2, 0.25) is 11.4 Å². The summed E-state index contributed by atoms with van der Waals surface area (Å²) >= 11 is 0. The Morgan fingerprint density at radius 3 is 1.40 bits per heavy atom. The number of carbonyl (C=O) groups excluding carboxylic acids is 2. The summed E-state index contributed by atoms with van der Waals surface area (Å²) in [6.45, 7) is 10.8. The van der Waals surface area contributed by atoms with Crippen LogP contribution in [0.2, 0.25) is 0 Å². The molecule has 10 rings (SSSR count). The van der Waals surface area contributed by atoms with Crippen molar-refractivity contribution in [2.24, 2.45) is 35.1 Å². The van der Waals surface area contributed by atoms with Crippen molar-refractivity contribution in [3.8, 4) is 0 Å². The molecule has 0 aromatic carbocycles. The van der Waals surface area contributed by atoms with Crippen molar-refractivity contribution < 1.29 is 28.6 Å². The van der Waals surface area contributed by atoms with Crippen LogP contribution in [0.15, 0.2) is 82.2 Å². The third-order valence-corrected chi connectivity index (χ3v) is 13.4. The smallest absolute Gasteiger partial charge is 0.226 e. The number of hydrogen-bond acceptors (Lipinski definition) is 14. The van der Waals surface area contributed by atoms with Crippen molar-refractivity contribution in [1.29, 1.82) is 0 Å². The summed E-state index contributed by atoms with van der Waals surface area (Å²) in [7, 11) is 0. The fourth-order valence-electron chi connectivity index (χ4n) is 9.27. The lowest BCUT2D eigenvalue weighted by atomic mass is 9.92. The molecule has 4 aliphatic rings. The van der Waals surface area contributed by atoms with E-state index in [2.05, 4.69) is 43.6 Å². The molecule has 2 saturated carbocycles.